The molecule has 1 aliphatic heterocycles. The highest BCUT2D eigenvalue weighted by atomic mass is 32.1. The first-order valence-electron chi connectivity index (χ1n) is 7.93. The lowest BCUT2D eigenvalue weighted by Gasteiger charge is -2.43. The molecule has 7 nitrogen and oxygen atoms in total. The van der Waals surface area contributed by atoms with Gasteiger partial charge in [0, 0.05) is 5.41 Å². The van der Waals surface area contributed by atoms with Gasteiger partial charge in [-0.1, -0.05) is 44.2 Å². The van der Waals surface area contributed by atoms with Gasteiger partial charge < -0.3 is 20.4 Å². The summed E-state index contributed by atoms with van der Waals surface area (Å²) in [4.78, 5) is 13.0. The first kappa shape index (κ1) is 20.5. The number of aliphatic hydroxyl groups excluding tert-OH is 2. The van der Waals surface area contributed by atoms with Crippen LogP contribution >= 0.6 is 20.3 Å². The van der Waals surface area contributed by atoms with Crippen molar-refractivity contribution in [2.45, 2.75) is 32.4 Å². The molecule has 2 unspecified atom stereocenters. The Bertz CT molecular complexity index is 599. The van der Waals surface area contributed by atoms with Crippen molar-refractivity contribution in [3.05, 3.63) is 35.9 Å². The van der Waals surface area contributed by atoms with Crippen molar-refractivity contribution in [1.29, 1.82) is 0 Å². The lowest BCUT2D eigenvalue weighted by Crippen LogP contribution is -2.56. The van der Waals surface area contributed by atoms with E-state index in [1.807, 2.05) is 44.2 Å². The Morgan fingerprint density at radius 3 is 2.52 bits per heavy atom. The van der Waals surface area contributed by atoms with E-state index >= 15 is 0 Å². The van der Waals surface area contributed by atoms with Gasteiger partial charge in [-0.25, -0.2) is 0 Å². The van der Waals surface area contributed by atoms with Crippen LogP contribution in [-0.4, -0.2) is 40.7 Å². The van der Waals surface area contributed by atoms with Crippen LogP contribution in [-0.2, 0) is 9.05 Å². The number of benzene rings is 1. The number of rotatable bonds is 5. The topological polar surface area (TPSA) is 106 Å². The predicted octanol–water partition coefficient (Wildman–Crippen LogP) is 1.05. The van der Waals surface area contributed by atoms with Crippen molar-refractivity contribution < 1.29 is 24.2 Å². The largest absolute Gasteiger partial charge is 0.612 e. The van der Waals surface area contributed by atoms with E-state index in [1.54, 1.807) is 6.92 Å². The van der Waals surface area contributed by atoms with Crippen LogP contribution in [0.2, 0.25) is 0 Å². The lowest BCUT2D eigenvalue weighted by atomic mass is 9.83. The van der Waals surface area contributed by atoms with Crippen molar-refractivity contribution in [2.75, 3.05) is 19.8 Å². The van der Waals surface area contributed by atoms with Crippen LogP contribution in [0.15, 0.2) is 30.3 Å². The van der Waals surface area contributed by atoms with Crippen molar-refractivity contribution in [3.8, 4) is 0 Å². The molecule has 0 aromatic heterocycles. The molecule has 9 heteroatoms. The minimum atomic E-state index is -3.70. The minimum absolute atomic E-state index is 0.0274. The molecule has 4 N–H and O–H groups in total. The van der Waals surface area contributed by atoms with Crippen LogP contribution in [0.4, 0.5) is 0 Å². The summed E-state index contributed by atoms with van der Waals surface area (Å²) in [5.74, 6) is 0. The van der Waals surface area contributed by atoms with Gasteiger partial charge in [-0.15, -0.1) is 0 Å². The quantitative estimate of drug-likeness (QED) is 0.438. The van der Waals surface area contributed by atoms with Gasteiger partial charge in [0.25, 0.3) is 0 Å². The maximum Gasteiger partial charge on any atom is 0.338 e. The maximum absolute atomic E-state index is 13.0. The maximum atomic E-state index is 13.0. The van der Waals surface area contributed by atoms with Gasteiger partial charge in [-0.2, -0.15) is 14.1 Å². The second-order valence-electron chi connectivity index (χ2n) is 7.10. The normalized spacial score (nSPS) is 26.1. The Morgan fingerprint density at radius 2 is 1.96 bits per heavy atom. The molecule has 1 heterocycles. The summed E-state index contributed by atoms with van der Waals surface area (Å²) in [6, 6.07) is 9.50. The van der Waals surface area contributed by atoms with Gasteiger partial charge in [0.15, 0.2) is 0 Å². The monoisotopic (exact) mass is 388 g/mol. The van der Waals surface area contributed by atoms with E-state index in [2.05, 4.69) is 10.4 Å². The van der Waals surface area contributed by atoms with Crippen molar-refractivity contribution >= 4 is 25.4 Å². The Labute approximate surface area is 154 Å². The number of hydrogen-bond donors (Lipinski definition) is 4. The molecule has 0 amide bonds. The van der Waals surface area contributed by atoms with Crippen LogP contribution in [0.1, 0.15) is 32.4 Å². The molecule has 0 spiro atoms. The van der Waals surface area contributed by atoms with Crippen LogP contribution in [0, 0.1) is 5.41 Å². The highest BCUT2D eigenvalue weighted by molar-refractivity contribution is 7.81. The molecule has 2 rings (SSSR count). The summed E-state index contributed by atoms with van der Waals surface area (Å²) in [6.07, 6.45) is -0.439. The Balaban J connectivity index is 2.12. The second kappa shape index (κ2) is 7.80. The highest BCUT2D eigenvalue weighted by Gasteiger charge is 2.50. The first-order valence-corrected chi connectivity index (χ1v) is 9.88. The third-order valence-corrected chi connectivity index (χ3v) is 5.82. The van der Waals surface area contributed by atoms with Crippen LogP contribution in [0.3, 0.4) is 0 Å². The standard InChI is InChI=1S/C16H25N2O5PS/c1-15(2)11-22-24(21,18-14(25)17-16(3,9-19)10-20)23-13(15)12-7-5-4-6-8-12/h4-8,13,19-20H,9-11H2,1-3H3,(H2,17,18,21,25). The zero-order valence-electron chi connectivity index (χ0n) is 14.6. The third-order valence-electron chi connectivity index (χ3n) is 4.01. The molecule has 1 saturated heterocycles. The average Bonchev–Trinajstić information content (AvgIpc) is 2.58. The van der Waals surface area contributed by atoms with Crippen molar-refractivity contribution in [3.63, 3.8) is 0 Å². The van der Waals surface area contributed by atoms with Gasteiger partial charge in [0.2, 0.25) is 5.11 Å². The molecular formula is C16H25N2O5PS. The van der Waals surface area contributed by atoms with Gasteiger partial charge in [-0.05, 0) is 24.7 Å². The summed E-state index contributed by atoms with van der Waals surface area (Å²) in [7, 11) is -3.70. The zero-order chi connectivity index (χ0) is 18.7. The summed E-state index contributed by atoms with van der Waals surface area (Å²) in [5.41, 5.74) is -0.527. The van der Waals surface area contributed by atoms with Gasteiger partial charge in [0.1, 0.15) is 12.7 Å². The summed E-state index contributed by atoms with van der Waals surface area (Å²) >= 11 is 5.12. The number of thiocarbonyl (C=S) groups is 1. The molecule has 0 bridgehead atoms. The number of nitrogens with one attached hydrogen (secondary N) is 2. The van der Waals surface area contributed by atoms with Crippen LogP contribution in [0.25, 0.3) is 0 Å². The Morgan fingerprint density at radius 1 is 1.36 bits per heavy atom. The van der Waals surface area contributed by atoms with E-state index in [0.717, 1.165) is 5.56 Å². The van der Waals surface area contributed by atoms with Crippen molar-refractivity contribution in [2.24, 2.45) is 5.41 Å². The Hall–Kier alpha value is -0.860. The minimum Gasteiger partial charge on any atom is -0.612 e. The zero-order valence-corrected chi connectivity index (χ0v) is 16.3. The second-order valence-corrected chi connectivity index (χ2v) is 9.19. The summed E-state index contributed by atoms with van der Waals surface area (Å²) < 4.78 is 11.3. The van der Waals surface area contributed by atoms with E-state index < -0.39 is 19.7 Å². The molecule has 140 valence electrons. The van der Waals surface area contributed by atoms with Crippen LogP contribution < -0.4 is 15.3 Å². The molecular weight excluding hydrogens is 363 g/mol. The summed E-state index contributed by atoms with van der Waals surface area (Å²) in [6.45, 7) is 5.04. The van der Waals surface area contributed by atoms with Crippen LogP contribution in [0.5, 0.6) is 0 Å². The smallest absolute Gasteiger partial charge is 0.338 e. The highest BCUT2D eigenvalue weighted by Crippen LogP contribution is 2.60. The molecule has 25 heavy (non-hydrogen) atoms. The fourth-order valence-corrected chi connectivity index (χ4v) is 4.64. The van der Waals surface area contributed by atoms with Gasteiger partial charge in [0.05, 0.1) is 18.8 Å². The van der Waals surface area contributed by atoms with E-state index in [9.17, 15) is 15.1 Å². The molecule has 1 aromatic carbocycles. The molecule has 0 aliphatic carbocycles. The molecule has 1 fully saturated rings. The molecule has 2 atom stereocenters. The van der Waals surface area contributed by atoms with E-state index in [0.29, 0.717) is 0 Å². The third kappa shape index (κ3) is 5.08. The SMILES string of the molecule is CC(CO)(CO)NC(=S)N[P+]1([O-])OCC(C)(C)C(c2ccccc2)O1. The average molecular weight is 388 g/mol. The van der Waals surface area contributed by atoms with Crippen molar-refractivity contribution in [1.82, 2.24) is 10.4 Å². The number of aliphatic hydroxyl groups is 2. The van der Waals surface area contributed by atoms with E-state index in [1.165, 1.54) is 0 Å². The predicted molar refractivity (Wildman–Crippen MR) is 98.4 cm³/mol. The van der Waals surface area contributed by atoms with E-state index in [-0.39, 0.29) is 30.3 Å². The molecule has 1 aromatic rings. The fourth-order valence-electron chi connectivity index (χ4n) is 2.39. The Kier molecular flexibility index (Phi) is 6.38. The van der Waals surface area contributed by atoms with Gasteiger partial charge in [-0.3, -0.25) is 0 Å². The summed E-state index contributed by atoms with van der Waals surface area (Å²) in [5, 5.41) is 23.9. The van der Waals surface area contributed by atoms with E-state index in [4.69, 9.17) is 21.3 Å². The molecule has 0 saturated carbocycles. The fraction of sp³-hybridized carbons (Fsp3) is 0.562. The molecule has 0 radical (unpaired) electrons. The number of hydrogen-bond acceptors (Lipinski definition) is 6. The van der Waals surface area contributed by atoms with Gasteiger partial charge >= 0.3 is 8.09 Å². The molecule has 1 aliphatic rings. The first-order chi connectivity index (χ1) is 11.6. The lowest BCUT2D eigenvalue weighted by molar-refractivity contribution is -0.246.